The summed E-state index contributed by atoms with van der Waals surface area (Å²) in [5.41, 5.74) is 3.52. The molecule has 2 aromatic rings. The highest BCUT2D eigenvalue weighted by Crippen LogP contribution is 2.35. The van der Waals surface area contributed by atoms with Crippen molar-refractivity contribution < 1.29 is 9.15 Å². The first-order chi connectivity index (χ1) is 9.76. The van der Waals surface area contributed by atoms with Gasteiger partial charge in [0.25, 0.3) is 0 Å². The lowest BCUT2D eigenvalue weighted by molar-refractivity contribution is 0.405. The molecule has 0 atom stereocenters. The van der Waals surface area contributed by atoms with E-state index in [1.807, 2.05) is 0 Å². The fraction of sp³-hybridized carbons (Fsp3) is 0.529. The van der Waals surface area contributed by atoms with Crippen molar-refractivity contribution >= 4 is 11.0 Å². The maximum absolute atomic E-state index is 6.10. The minimum atomic E-state index is 0.695. The molecular weight excluding hydrogens is 250 g/mol. The molecule has 108 valence electrons. The second-order valence-electron chi connectivity index (χ2n) is 5.54. The van der Waals surface area contributed by atoms with Crippen LogP contribution in [0.5, 0.6) is 5.75 Å². The molecule has 1 aromatic carbocycles. The zero-order valence-corrected chi connectivity index (χ0v) is 12.6. The van der Waals surface area contributed by atoms with Gasteiger partial charge in [0.05, 0.1) is 13.7 Å². The predicted molar refractivity (Wildman–Crippen MR) is 81.4 cm³/mol. The summed E-state index contributed by atoms with van der Waals surface area (Å²) in [6.45, 7) is 5.19. The SMILES string of the molecule is CCc1cc(OC)c2oc(CNC3CC3)c(CC)c2c1. The molecule has 1 fully saturated rings. The number of aryl methyl sites for hydroxylation is 2. The molecule has 0 aliphatic heterocycles. The van der Waals surface area contributed by atoms with Gasteiger partial charge in [-0.1, -0.05) is 13.8 Å². The monoisotopic (exact) mass is 273 g/mol. The molecule has 3 nitrogen and oxygen atoms in total. The normalized spacial score (nSPS) is 14.9. The maximum Gasteiger partial charge on any atom is 0.176 e. The van der Waals surface area contributed by atoms with Crippen LogP contribution < -0.4 is 10.1 Å². The second-order valence-corrected chi connectivity index (χ2v) is 5.54. The van der Waals surface area contributed by atoms with Gasteiger partial charge in [0.2, 0.25) is 0 Å². The molecule has 1 aromatic heterocycles. The van der Waals surface area contributed by atoms with Crippen LogP contribution in [0.1, 0.15) is 43.6 Å². The van der Waals surface area contributed by atoms with Gasteiger partial charge in [-0.25, -0.2) is 0 Å². The first-order valence-corrected chi connectivity index (χ1v) is 7.61. The number of nitrogens with one attached hydrogen (secondary N) is 1. The van der Waals surface area contributed by atoms with Gasteiger partial charge in [0, 0.05) is 17.0 Å². The lowest BCUT2D eigenvalue weighted by Gasteiger charge is -2.04. The molecule has 1 saturated carbocycles. The van der Waals surface area contributed by atoms with Crippen molar-refractivity contribution in [2.75, 3.05) is 7.11 Å². The van der Waals surface area contributed by atoms with Crippen LogP contribution in [-0.4, -0.2) is 13.2 Å². The molecule has 1 aliphatic rings. The Bertz CT molecular complexity index is 611. The Kier molecular flexibility index (Phi) is 3.70. The number of hydrogen-bond donors (Lipinski definition) is 1. The highest BCUT2D eigenvalue weighted by atomic mass is 16.5. The minimum Gasteiger partial charge on any atom is -0.493 e. The molecule has 0 unspecified atom stereocenters. The third-order valence-electron chi connectivity index (χ3n) is 4.11. The van der Waals surface area contributed by atoms with Crippen molar-refractivity contribution in [3.8, 4) is 5.75 Å². The Morgan fingerprint density at radius 1 is 1.25 bits per heavy atom. The Balaban J connectivity index is 2.05. The van der Waals surface area contributed by atoms with Crippen molar-refractivity contribution in [1.82, 2.24) is 5.32 Å². The lowest BCUT2D eigenvalue weighted by atomic mass is 10.0. The molecule has 0 amide bonds. The van der Waals surface area contributed by atoms with E-state index in [-0.39, 0.29) is 0 Å². The topological polar surface area (TPSA) is 34.4 Å². The highest BCUT2D eigenvalue weighted by Gasteiger charge is 2.23. The quantitative estimate of drug-likeness (QED) is 0.869. The van der Waals surface area contributed by atoms with Gasteiger partial charge in [0.15, 0.2) is 11.3 Å². The van der Waals surface area contributed by atoms with Crippen LogP contribution in [0, 0.1) is 0 Å². The third kappa shape index (κ3) is 2.42. The van der Waals surface area contributed by atoms with Crippen LogP contribution in [0.3, 0.4) is 0 Å². The third-order valence-corrected chi connectivity index (χ3v) is 4.11. The molecule has 0 spiro atoms. The number of rotatable bonds is 6. The number of benzene rings is 1. The largest absolute Gasteiger partial charge is 0.493 e. The molecule has 0 bridgehead atoms. The van der Waals surface area contributed by atoms with Crippen LogP contribution in [0.15, 0.2) is 16.5 Å². The van der Waals surface area contributed by atoms with E-state index in [9.17, 15) is 0 Å². The average molecular weight is 273 g/mol. The zero-order valence-electron chi connectivity index (χ0n) is 12.6. The van der Waals surface area contributed by atoms with E-state index in [1.165, 1.54) is 29.4 Å². The molecule has 1 heterocycles. The molecule has 3 heteroatoms. The van der Waals surface area contributed by atoms with Crippen LogP contribution in [0.25, 0.3) is 11.0 Å². The summed E-state index contributed by atoms with van der Waals surface area (Å²) in [5, 5.41) is 4.76. The number of hydrogen-bond acceptors (Lipinski definition) is 3. The molecule has 1 aliphatic carbocycles. The minimum absolute atomic E-state index is 0.695. The van der Waals surface area contributed by atoms with E-state index in [4.69, 9.17) is 9.15 Å². The highest BCUT2D eigenvalue weighted by molar-refractivity contribution is 5.88. The molecular formula is C17H23NO2. The number of methoxy groups -OCH3 is 1. The van der Waals surface area contributed by atoms with Crippen LogP contribution in [-0.2, 0) is 19.4 Å². The van der Waals surface area contributed by atoms with Crippen molar-refractivity contribution in [1.29, 1.82) is 0 Å². The summed E-state index contributed by atoms with van der Waals surface area (Å²) < 4.78 is 11.6. The van der Waals surface area contributed by atoms with Gasteiger partial charge >= 0.3 is 0 Å². The van der Waals surface area contributed by atoms with Gasteiger partial charge in [-0.15, -0.1) is 0 Å². The van der Waals surface area contributed by atoms with Gasteiger partial charge in [0.1, 0.15) is 5.76 Å². The zero-order chi connectivity index (χ0) is 14.1. The van der Waals surface area contributed by atoms with E-state index >= 15 is 0 Å². The van der Waals surface area contributed by atoms with Gasteiger partial charge in [-0.05, 0) is 43.4 Å². The van der Waals surface area contributed by atoms with E-state index in [2.05, 4.69) is 31.3 Å². The lowest BCUT2D eigenvalue weighted by Crippen LogP contribution is -2.15. The van der Waals surface area contributed by atoms with E-state index in [1.54, 1.807) is 7.11 Å². The second kappa shape index (κ2) is 5.49. The summed E-state index contributed by atoms with van der Waals surface area (Å²) in [4.78, 5) is 0. The van der Waals surface area contributed by atoms with Crippen LogP contribution in [0.2, 0.25) is 0 Å². The Labute approximate surface area is 120 Å². The standard InChI is InChI=1S/C17H23NO2/c1-4-11-8-14-13(5-2)16(10-18-12-6-7-12)20-17(14)15(9-11)19-3/h8-9,12,18H,4-7,10H2,1-3H3. The van der Waals surface area contributed by atoms with Crippen molar-refractivity contribution in [2.45, 2.75) is 52.1 Å². The Morgan fingerprint density at radius 2 is 2.05 bits per heavy atom. The average Bonchev–Trinajstić information content (AvgIpc) is 3.24. The Morgan fingerprint density at radius 3 is 2.65 bits per heavy atom. The Hall–Kier alpha value is -1.48. The van der Waals surface area contributed by atoms with E-state index < -0.39 is 0 Å². The smallest absolute Gasteiger partial charge is 0.176 e. The summed E-state index contributed by atoms with van der Waals surface area (Å²) in [6.07, 6.45) is 4.59. The summed E-state index contributed by atoms with van der Waals surface area (Å²) >= 11 is 0. The molecule has 0 radical (unpaired) electrons. The summed E-state index contributed by atoms with van der Waals surface area (Å²) in [6, 6.07) is 5.03. The number of ether oxygens (including phenoxy) is 1. The fourth-order valence-corrected chi connectivity index (χ4v) is 2.73. The van der Waals surface area contributed by atoms with Crippen molar-refractivity contribution in [3.05, 3.63) is 29.0 Å². The summed E-state index contributed by atoms with van der Waals surface area (Å²) in [7, 11) is 1.71. The van der Waals surface area contributed by atoms with Crippen molar-refractivity contribution in [3.63, 3.8) is 0 Å². The molecule has 1 N–H and O–H groups in total. The van der Waals surface area contributed by atoms with Crippen molar-refractivity contribution in [2.24, 2.45) is 0 Å². The molecule has 0 saturated heterocycles. The van der Waals surface area contributed by atoms with Gasteiger partial charge < -0.3 is 14.5 Å². The van der Waals surface area contributed by atoms with Gasteiger partial charge in [-0.3, -0.25) is 0 Å². The maximum atomic E-state index is 6.10. The first-order valence-electron chi connectivity index (χ1n) is 7.61. The fourth-order valence-electron chi connectivity index (χ4n) is 2.73. The molecule has 3 rings (SSSR count). The number of furan rings is 1. The molecule has 20 heavy (non-hydrogen) atoms. The predicted octanol–water partition coefficient (Wildman–Crippen LogP) is 3.82. The summed E-state index contributed by atoms with van der Waals surface area (Å²) in [5.74, 6) is 1.92. The van der Waals surface area contributed by atoms with Gasteiger partial charge in [-0.2, -0.15) is 0 Å². The van der Waals surface area contributed by atoms with Crippen LogP contribution in [0.4, 0.5) is 0 Å². The van der Waals surface area contributed by atoms with E-state index in [0.29, 0.717) is 6.04 Å². The first kappa shape index (κ1) is 13.5. The van der Waals surface area contributed by atoms with E-state index in [0.717, 1.165) is 36.5 Å². The number of fused-ring (bicyclic) bond motifs is 1. The van der Waals surface area contributed by atoms with Crippen LogP contribution >= 0.6 is 0 Å².